The zero-order valence-electron chi connectivity index (χ0n) is 10.6. The monoisotopic (exact) mass is 279 g/mol. The van der Waals surface area contributed by atoms with Crippen molar-refractivity contribution in [3.8, 4) is 0 Å². The highest BCUT2D eigenvalue weighted by molar-refractivity contribution is 7.79. The molecule has 1 N–H and O–H groups in total. The van der Waals surface area contributed by atoms with Gasteiger partial charge in [-0.15, -0.1) is 0 Å². The van der Waals surface area contributed by atoms with E-state index in [0.717, 1.165) is 29.7 Å². The minimum Gasteiger partial charge on any atom is -0.772 e. The van der Waals surface area contributed by atoms with Gasteiger partial charge in [-0.25, -0.2) is 9.97 Å². The molecule has 6 nitrogen and oxygen atoms in total. The standard InChI is InChI=1S/C12H16N4O2S/c1-16(9-4-8(5-9)6-19(17)18)12-10-2-3-13-11(10)14-7-15-12/h2-3,7-9H,4-6H2,1H3,(H,17,18)(H,13,14,15)/p-1. The molecule has 19 heavy (non-hydrogen) atoms. The van der Waals surface area contributed by atoms with Crippen molar-refractivity contribution in [1.82, 2.24) is 15.0 Å². The van der Waals surface area contributed by atoms with Gasteiger partial charge in [-0.2, -0.15) is 0 Å². The van der Waals surface area contributed by atoms with Gasteiger partial charge in [-0.3, -0.25) is 4.21 Å². The van der Waals surface area contributed by atoms with E-state index in [1.54, 1.807) is 6.33 Å². The second-order valence-corrected chi connectivity index (χ2v) is 5.95. The summed E-state index contributed by atoms with van der Waals surface area (Å²) in [5, 5.41) is 1.00. The van der Waals surface area contributed by atoms with E-state index in [0.29, 0.717) is 6.04 Å². The molecule has 2 aromatic rings. The lowest BCUT2D eigenvalue weighted by Crippen LogP contribution is -2.44. The maximum Gasteiger partial charge on any atom is 0.142 e. The topological polar surface area (TPSA) is 84.9 Å². The normalized spacial score (nSPS) is 24.1. The zero-order valence-corrected chi connectivity index (χ0v) is 11.4. The molecule has 0 spiro atoms. The maximum absolute atomic E-state index is 10.7. The predicted octanol–water partition coefficient (Wildman–Crippen LogP) is 1.05. The van der Waals surface area contributed by atoms with Gasteiger partial charge in [0, 0.05) is 25.0 Å². The Kier molecular flexibility index (Phi) is 3.24. The molecule has 3 rings (SSSR count). The summed E-state index contributed by atoms with van der Waals surface area (Å²) in [4.78, 5) is 13.7. The van der Waals surface area contributed by atoms with Crippen molar-refractivity contribution in [2.24, 2.45) is 5.92 Å². The van der Waals surface area contributed by atoms with Crippen LogP contribution in [0.25, 0.3) is 11.0 Å². The molecule has 1 aliphatic carbocycles. The van der Waals surface area contributed by atoms with E-state index in [4.69, 9.17) is 0 Å². The Morgan fingerprint density at radius 3 is 3.05 bits per heavy atom. The van der Waals surface area contributed by atoms with Crippen LogP contribution in [0.1, 0.15) is 12.8 Å². The predicted molar refractivity (Wildman–Crippen MR) is 72.6 cm³/mol. The third-order valence-electron chi connectivity index (χ3n) is 3.80. The van der Waals surface area contributed by atoms with E-state index in [1.807, 2.05) is 19.3 Å². The summed E-state index contributed by atoms with van der Waals surface area (Å²) in [5.41, 5.74) is 0.827. The Bertz CT molecular complexity index is 609. The van der Waals surface area contributed by atoms with Crippen molar-refractivity contribution in [3.05, 3.63) is 18.6 Å². The second-order valence-electron chi connectivity index (χ2n) is 5.01. The molecule has 7 heteroatoms. The number of rotatable bonds is 4. The summed E-state index contributed by atoms with van der Waals surface area (Å²) in [6.07, 6.45) is 5.20. The first-order valence-electron chi connectivity index (χ1n) is 6.22. The van der Waals surface area contributed by atoms with Gasteiger partial charge in [0.15, 0.2) is 0 Å². The molecule has 2 heterocycles. The van der Waals surface area contributed by atoms with Crippen LogP contribution in [-0.4, -0.2) is 42.6 Å². The van der Waals surface area contributed by atoms with Crippen molar-refractivity contribution in [2.75, 3.05) is 17.7 Å². The molecule has 0 bridgehead atoms. The van der Waals surface area contributed by atoms with Gasteiger partial charge < -0.3 is 14.4 Å². The number of aromatic amines is 1. The fourth-order valence-electron chi connectivity index (χ4n) is 2.66. The summed E-state index contributed by atoms with van der Waals surface area (Å²) in [7, 11) is 2.00. The van der Waals surface area contributed by atoms with Gasteiger partial charge in [0.25, 0.3) is 0 Å². The van der Waals surface area contributed by atoms with Crippen molar-refractivity contribution in [3.63, 3.8) is 0 Å². The Balaban J connectivity index is 1.73. The van der Waals surface area contributed by atoms with Gasteiger partial charge in [-0.05, 0) is 24.8 Å². The van der Waals surface area contributed by atoms with E-state index < -0.39 is 11.1 Å². The highest BCUT2D eigenvalue weighted by Crippen LogP contribution is 2.35. The summed E-state index contributed by atoms with van der Waals surface area (Å²) >= 11 is -1.93. The molecule has 0 saturated heterocycles. The van der Waals surface area contributed by atoms with Crippen LogP contribution in [0, 0.1) is 5.92 Å². The lowest BCUT2D eigenvalue weighted by atomic mass is 9.81. The van der Waals surface area contributed by atoms with Gasteiger partial charge in [0.2, 0.25) is 0 Å². The fraction of sp³-hybridized carbons (Fsp3) is 0.500. The Hall–Kier alpha value is -1.47. The van der Waals surface area contributed by atoms with Crippen LogP contribution >= 0.6 is 0 Å². The number of nitrogens with one attached hydrogen (secondary N) is 1. The summed E-state index contributed by atoms with van der Waals surface area (Å²) in [6, 6.07) is 2.32. The van der Waals surface area contributed by atoms with E-state index in [2.05, 4.69) is 19.9 Å². The number of hydrogen-bond acceptors (Lipinski definition) is 5. The molecule has 0 radical (unpaired) electrons. The molecule has 0 aromatic carbocycles. The average Bonchev–Trinajstić information content (AvgIpc) is 2.80. The molecule has 1 aliphatic rings. The van der Waals surface area contributed by atoms with Crippen LogP contribution in [0.4, 0.5) is 5.82 Å². The number of anilines is 1. The summed E-state index contributed by atoms with van der Waals surface area (Å²) < 4.78 is 21.3. The summed E-state index contributed by atoms with van der Waals surface area (Å²) in [6.45, 7) is 0. The van der Waals surface area contributed by atoms with Gasteiger partial charge >= 0.3 is 0 Å². The Labute approximate surface area is 113 Å². The molecule has 1 fully saturated rings. The smallest absolute Gasteiger partial charge is 0.142 e. The Morgan fingerprint density at radius 2 is 2.32 bits per heavy atom. The number of fused-ring (bicyclic) bond motifs is 1. The van der Waals surface area contributed by atoms with Gasteiger partial charge in [0.1, 0.15) is 17.8 Å². The Morgan fingerprint density at radius 1 is 1.53 bits per heavy atom. The van der Waals surface area contributed by atoms with Crippen molar-refractivity contribution >= 4 is 27.9 Å². The number of H-pyrrole nitrogens is 1. The summed E-state index contributed by atoms with van der Waals surface area (Å²) in [5.74, 6) is 1.46. The molecule has 2 aromatic heterocycles. The van der Waals surface area contributed by atoms with Gasteiger partial charge in [0.05, 0.1) is 5.39 Å². The molecule has 1 atom stereocenters. The fourth-order valence-corrected chi connectivity index (χ4v) is 3.32. The lowest BCUT2D eigenvalue weighted by molar-refractivity contribution is 0.281. The van der Waals surface area contributed by atoms with Crippen molar-refractivity contribution in [1.29, 1.82) is 0 Å². The van der Waals surface area contributed by atoms with Gasteiger partial charge in [-0.1, -0.05) is 11.1 Å². The first-order valence-corrected chi connectivity index (χ1v) is 7.46. The third kappa shape index (κ3) is 2.35. The molecule has 0 aliphatic heterocycles. The van der Waals surface area contributed by atoms with E-state index in [9.17, 15) is 8.76 Å². The van der Waals surface area contributed by atoms with Crippen LogP contribution in [0.15, 0.2) is 18.6 Å². The number of aromatic nitrogens is 3. The molecular formula is C12H15N4O2S-. The molecular weight excluding hydrogens is 264 g/mol. The first kappa shape index (κ1) is 12.6. The van der Waals surface area contributed by atoms with Crippen LogP contribution in [-0.2, 0) is 11.1 Å². The largest absolute Gasteiger partial charge is 0.772 e. The minimum atomic E-state index is -1.93. The van der Waals surface area contributed by atoms with Crippen LogP contribution in [0.3, 0.4) is 0 Å². The van der Waals surface area contributed by atoms with E-state index in [1.165, 1.54) is 0 Å². The first-order chi connectivity index (χ1) is 9.15. The third-order valence-corrected chi connectivity index (χ3v) is 4.54. The molecule has 1 unspecified atom stereocenters. The highest BCUT2D eigenvalue weighted by Gasteiger charge is 2.33. The lowest BCUT2D eigenvalue weighted by Gasteiger charge is -2.42. The zero-order chi connectivity index (χ0) is 13.4. The van der Waals surface area contributed by atoms with E-state index in [-0.39, 0.29) is 11.7 Å². The highest BCUT2D eigenvalue weighted by atomic mass is 32.2. The van der Waals surface area contributed by atoms with Crippen LogP contribution < -0.4 is 4.90 Å². The molecule has 1 saturated carbocycles. The molecule has 102 valence electrons. The second kappa shape index (κ2) is 4.90. The number of hydrogen-bond donors (Lipinski definition) is 1. The van der Waals surface area contributed by atoms with Crippen LogP contribution in [0.5, 0.6) is 0 Å². The minimum absolute atomic E-state index is 0.272. The average molecular weight is 279 g/mol. The molecule has 0 amide bonds. The SMILES string of the molecule is CN(c1ncnc2[nH]ccc12)C1CC(CS(=O)[O-])C1. The van der Waals surface area contributed by atoms with E-state index >= 15 is 0 Å². The van der Waals surface area contributed by atoms with Crippen molar-refractivity contribution in [2.45, 2.75) is 18.9 Å². The van der Waals surface area contributed by atoms with Crippen LogP contribution in [0.2, 0.25) is 0 Å². The quantitative estimate of drug-likeness (QED) is 0.846. The number of nitrogens with zero attached hydrogens (tertiary/aromatic N) is 3. The maximum atomic E-state index is 10.7. The van der Waals surface area contributed by atoms with Crippen molar-refractivity contribution < 1.29 is 8.76 Å².